The maximum absolute atomic E-state index is 12.5. The van der Waals surface area contributed by atoms with Crippen molar-refractivity contribution in [1.29, 1.82) is 0 Å². The number of halogens is 2. The minimum Gasteiger partial charge on any atom is -0.484 e. The Kier molecular flexibility index (Phi) is 6.44. The first-order valence-electron chi connectivity index (χ1n) is 9.53. The molecule has 8 heteroatoms. The molecular formula is C23H19BrClN3O3. The van der Waals surface area contributed by atoms with E-state index in [1.807, 2.05) is 18.2 Å². The summed E-state index contributed by atoms with van der Waals surface area (Å²) >= 11 is 9.50. The van der Waals surface area contributed by atoms with Crippen molar-refractivity contribution in [2.24, 2.45) is 0 Å². The average Bonchev–Trinajstić information content (AvgIpc) is 3.39. The molecule has 31 heavy (non-hydrogen) atoms. The Morgan fingerprint density at radius 1 is 1.23 bits per heavy atom. The fourth-order valence-corrected chi connectivity index (χ4v) is 3.72. The number of nitrogens with zero attached hydrogens (tertiary/aromatic N) is 2. The van der Waals surface area contributed by atoms with Gasteiger partial charge in [0.15, 0.2) is 5.76 Å². The third kappa shape index (κ3) is 5.37. The van der Waals surface area contributed by atoms with Crippen molar-refractivity contribution in [3.05, 3.63) is 99.1 Å². The van der Waals surface area contributed by atoms with Gasteiger partial charge in [-0.2, -0.15) is 5.10 Å². The molecule has 0 aliphatic carbocycles. The standard InChI is InChI=1S/C23H19BrClN3O3/c1-15-4-2-3-5-16(15)12-28-13-18(11-26-28)27-23(29)22-9-7-19(31-22)14-30-21-8-6-17(24)10-20(21)25/h2-11,13H,12,14H2,1H3,(H,27,29). The Bertz CT molecular complexity index is 1220. The number of hydrogen-bond donors (Lipinski definition) is 1. The Morgan fingerprint density at radius 2 is 2.06 bits per heavy atom. The number of hydrogen-bond acceptors (Lipinski definition) is 4. The van der Waals surface area contributed by atoms with Gasteiger partial charge in [0.25, 0.3) is 5.91 Å². The van der Waals surface area contributed by atoms with E-state index in [2.05, 4.69) is 45.4 Å². The van der Waals surface area contributed by atoms with Crippen molar-refractivity contribution in [2.75, 3.05) is 5.32 Å². The van der Waals surface area contributed by atoms with E-state index in [1.165, 1.54) is 11.1 Å². The highest BCUT2D eigenvalue weighted by atomic mass is 79.9. The van der Waals surface area contributed by atoms with Crippen LogP contribution in [0.4, 0.5) is 5.69 Å². The van der Waals surface area contributed by atoms with Crippen LogP contribution in [0, 0.1) is 6.92 Å². The lowest BCUT2D eigenvalue weighted by molar-refractivity contribution is 0.0992. The van der Waals surface area contributed by atoms with Gasteiger partial charge in [-0.05, 0) is 48.4 Å². The van der Waals surface area contributed by atoms with E-state index >= 15 is 0 Å². The van der Waals surface area contributed by atoms with E-state index in [4.69, 9.17) is 20.8 Å². The van der Waals surface area contributed by atoms with Gasteiger partial charge in [-0.1, -0.05) is 51.8 Å². The van der Waals surface area contributed by atoms with Crippen LogP contribution in [0.3, 0.4) is 0 Å². The molecular weight excluding hydrogens is 482 g/mol. The van der Waals surface area contributed by atoms with Crippen molar-refractivity contribution in [1.82, 2.24) is 9.78 Å². The molecule has 4 rings (SSSR count). The van der Waals surface area contributed by atoms with E-state index in [9.17, 15) is 4.79 Å². The predicted octanol–water partition coefficient (Wildman–Crippen LogP) is 6.08. The van der Waals surface area contributed by atoms with E-state index in [-0.39, 0.29) is 18.3 Å². The maximum Gasteiger partial charge on any atom is 0.291 e. The van der Waals surface area contributed by atoms with Gasteiger partial charge in [0, 0.05) is 10.7 Å². The molecule has 1 N–H and O–H groups in total. The van der Waals surface area contributed by atoms with Gasteiger partial charge in [0.2, 0.25) is 0 Å². The van der Waals surface area contributed by atoms with Gasteiger partial charge in [0.1, 0.15) is 18.1 Å². The Labute approximate surface area is 192 Å². The molecule has 6 nitrogen and oxygen atoms in total. The molecule has 0 aliphatic heterocycles. The molecule has 0 aliphatic rings. The normalized spacial score (nSPS) is 10.8. The van der Waals surface area contributed by atoms with Crippen molar-refractivity contribution in [2.45, 2.75) is 20.1 Å². The largest absolute Gasteiger partial charge is 0.484 e. The molecule has 2 heterocycles. The Hall–Kier alpha value is -3.03. The summed E-state index contributed by atoms with van der Waals surface area (Å²) in [7, 11) is 0. The van der Waals surface area contributed by atoms with E-state index in [1.54, 1.807) is 41.3 Å². The molecule has 0 spiro atoms. The lowest BCUT2D eigenvalue weighted by Gasteiger charge is -2.06. The highest BCUT2D eigenvalue weighted by Crippen LogP contribution is 2.28. The first-order valence-corrected chi connectivity index (χ1v) is 10.7. The van der Waals surface area contributed by atoms with Crippen LogP contribution in [0.15, 0.2) is 75.9 Å². The summed E-state index contributed by atoms with van der Waals surface area (Å²) in [5.41, 5.74) is 2.96. The van der Waals surface area contributed by atoms with Crippen LogP contribution in [-0.2, 0) is 13.2 Å². The van der Waals surface area contributed by atoms with Gasteiger partial charge in [-0.15, -0.1) is 0 Å². The summed E-state index contributed by atoms with van der Waals surface area (Å²) in [5.74, 6) is 0.878. The minimum absolute atomic E-state index is 0.156. The van der Waals surface area contributed by atoms with Crippen LogP contribution in [-0.4, -0.2) is 15.7 Å². The van der Waals surface area contributed by atoms with Gasteiger partial charge in [-0.3, -0.25) is 9.48 Å². The van der Waals surface area contributed by atoms with Crippen LogP contribution >= 0.6 is 27.5 Å². The first kappa shape index (κ1) is 21.2. The van der Waals surface area contributed by atoms with Crippen molar-refractivity contribution < 1.29 is 13.9 Å². The van der Waals surface area contributed by atoms with Gasteiger partial charge in [0.05, 0.1) is 23.5 Å². The zero-order chi connectivity index (χ0) is 21.8. The lowest BCUT2D eigenvalue weighted by Crippen LogP contribution is -2.10. The molecule has 0 fully saturated rings. The van der Waals surface area contributed by atoms with Crippen LogP contribution in [0.1, 0.15) is 27.4 Å². The third-order valence-corrected chi connectivity index (χ3v) is 5.42. The second-order valence-electron chi connectivity index (χ2n) is 6.94. The Morgan fingerprint density at radius 3 is 2.87 bits per heavy atom. The molecule has 0 saturated heterocycles. The molecule has 0 bridgehead atoms. The number of nitrogens with one attached hydrogen (secondary N) is 1. The molecule has 2 aromatic heterocycles. The predicted molar refractivity (Wildman–Crippen MR) is 123 cm³/mol. The van der Waals surface area contributed by atoms with E-state index in [0.717, 1.165) is 4.47 Å². The van der Waals surface area contributed by atoms with Crippen LogP contribution in [0.25, 0.3) is 0 Å². The summed E-state index contributed by atoms with van der Waals surface area (Å²) < 4.78 is 13.9. The van der Waals surface area contributed by atoms with Gasteiger partial charge >= 0.3 is 0 Å². The smallest absolute Gasteiger partial charge is 0.291 e. The Balaban J connectivity index is 1.35. The quantitative estimate of drug-likeness (QED) is 0.334. The molecule has 1 amide bonds. The summed E-state index contributed by atoms with van der Waals surface area (Å²) in [4.78, 5) is 12.5. The first-order chi connectivity index (χ1) is 15.0. The van der Waals surface area contributed by atoms with E-state index < -0.39 is 0 Å². The summed E-state index contributed by atoms with van der Waals surface area (Å²) in [6, 6.07) is 16.8. The van der Waals surface area contributed by atoms with Crippen molar-refractivity contribution >= 4 is 39.1 Å². The SMILES string of the molecule is Cc1ccccc1Cn1cc(NC(=O)c2ccc(COc3ccc(Br)cc3Cl)o2)cn1. The molecule has 0 atom stereocenters. The highest BCUT2D eigenvalue weighted by Gasteiger charge is 2.14. The van der Waals surface area contributed by atoms with E-state index in [0.29, 0.717) is 28.8 Å². The second-order valence-corrected chi connectivity index (χ2v) is 8.26. The number of furan rings is 1. The number of rotatable bonds is 7. The van der Waals surface area contributed by atoms with Crippen molar-refractivity contribution in [3.8, 4) is 5.75 Å². The third-order valence-electron chi connectivity index (χ3n) is 4.63. The van der Waals surface area contributed by atoms with Gasteiger partial charge < -0.3 is 14.5 Å². The number of amides is 1. The molecule has 0 saturated carbocycles. The second kappa shape index (κ2) is 9.41. The van der Waals surface area contributed by atoms with Crippen LogP contribution < -0.4 is 10.1 Å². The number of carbonyl (C=O) groups is 1. The van der Waals surface area contributed by atoms with Crippen LogP contribution in [0.2, 0.25) is 5.02 Å². The number of aryl methyl sites for hydroxylation is 1. The molecule has 2 aromatic carbocycles. The number of anilines is 1. The molecule has 0 unspecified atom stereocenters. The fourth-order valence-electron chi connectivity index (χ4n) is 2.99. The summed E-state index contributed by atoms with van der Waals surface area (Å²) in [5, 5.41) is 7.60. The minimum atomic E-state index is -0.358. The molecule has 158 valence electrons. The lowest BCUT2D eigenvalue weighted by atomic mass is 10.1. The monoisotopic (exact) mass is 499 g/mol. The highest BCUT2D eigenvalue weighted by molar-refractivity contribution is 9.10. The molecule has 4 aromatic rings. The number of ether oxygens (including phenoxy) is 1. The zero-order valence-electron chi connectivity index (χ0n) is 16.6. The molecule has 0 radical (unpaired) electrons. The summed E-state index contributed by atoms with van der Waals surface area (Å²) in [6.45, 7) is 2.84. The topological polar surface area (TPSA) is 69.3 Å². The maximum atomic E-state index is 12.5. The van der Waals surface area contributed by atoms with Gasteiger partial charge in [-0.25, -0.2) is 0 Å². The van der Waals surface area contributed by atoms with Crippen LogP contribution in [0.5, 0.6) is 5.75 Å². The summed E-state index contributed by atoms with van der Waals surface area (Å²) in [6.07, 6.45) is 3.39. The number of carbonyl (C=O) groups excluding carboxylic acids is 1. The average molecular weight is 501 g/mol. The number of aromatic nitrogens is 2. The zero-order valence-corrected chi connectivity index (χ0v) is 19.0. The van der Waals surface area contributed by atoms with Crippen molar-refractivity contribution in [3.63, 3.8) is 0 Å². The number of benzene rings is 2. The fraction of sp³-hybridized carbons (Fsp3) is 0.130.